The fraction of sp³-hybridized carbons (Fsp3) is 0.130. The van der Waals surface area contributed by atoms with Gasteiger partial charge in [0.05, 0.1) is 10.7 Å². The van der Waals surface area contributed by atoms with Crippen LogP contribution in [-0.2, 0) is 11.3 Å². The lowest BCUT2D eigenvalue weighted by molar-refractivity contribution is -0.119. The number of carbonyl (C=O) groups is 1. The molecule has 2 aromatic heterocycles. The van der Waals surface area contributed by atoms with Gasteiger partial charge in [0, 0.05) is 25.2 Å². The number of hydrogen-bond donors (Lipinski definition) is 2. The van der Waals surface area contributed by atoms with Gasteiger partial charge in [0.2, 0.25) is 5.91 Å². The van der Waals surface area contributed by atoms with Gasteiger partial charge in [0.25, 0.3) is 0 Å². The quantitative estimate of drug-likeness (QED) is 0.471. The van der Waals surface area contributed by atoms with Crippen LogP contribution in [0.3, 0.4) is 0 Å². The number of benzene rings is 2. The first-order chi connectivity index (χ1) is 14.0. The highest BCUT2D eigenvalue weighted by Crippen LogP contribution is 2.35. The van der Waals surface area contributed by atoms with E-state index in [-0.39, 0.29) is 5.91 Å². The molecule has 0 aliphatic heterocycles. The van der Waals surface area contributed by atoms with Crippen molar-refractivity contribution < 1.29 is 4.79 Å². The Morgan fingerprint density at radius 3 is 2.59 bits per heavy atom. The first-order valence-electron chi connectivity index (χ1n) is 9.36. The zero-order valence-electron chi connectivity index (χ0n) is 16.2. The number of carbonyl (C=O) groups excluding carboxylic acids is 1. The number of nitrogens with zero attached hydrogens (tertiary/aromatic N) is 2. The minimum absolute atomic E-state index is 0.0453. The Morgan fingerprint density at radius 2 is 1.86 bits per heavy atom. The van der Waals surface area contributed by atoms with Crippen LogP contribution >= 0.6 is 11.6 Å². The van der Waals surface area contributed by atoms with Crippen molar-refractivity contribution in [3.63, 3.8) is 0 Å². The average Bonchev–Trinajstić information content (AvgIpc) is 3.08. The van der Waals surface area contributed by atoms with E-state index in [4.69, 9.17) is 16.6 Å². The van der Waals surface area contributed by atoms with E-state index in [2.05, 4.69) is 10.6 Å². The molecule has 0 aliphatic carbocycles. The monoisotopic (exact) mass is 404 g/mol. The molecule has 0 fully saturated rings. The molecule has 0 bridgehead atoms. The second-order valence-corrected chi connectivity index (χ2v) is 7.31. The van der Waals surface area contributed by atoms with Crippen LogP contribution in [0.25, 0.3) is 16.9 Å². The summed E-state index contributed by atoms with van der Waals surface area (Å²) in [6.07, 6.45) is 1.98. The predicted molar refractivity (Wildman–Crippen MR) is 118 cm³/mol. The molecule has 29 heavy (non-hydrogen) atoms. The summed E-state index contributed by atoms with van der Waals surface area (Å²) in [4.78, 5) is 16.0. The Balaban J connectivity index is 1.77. The molecule has 2 aromatic carbocycles. The molecule has 4 rings (SSSR count). The van der Waals surface area contributed by atoms with Gasteiger partial charge in [0.15, 0.2) is 0 Å². The number of pyridine rings is 1. The normalized spacial score (nSPS) is 10.9. The molecule has 0 saturated heterocycles. The lowest BCUT2D eigenvalue weighted by Crippen LogP contribution is -2.18. The Kier molecular flexibility index (Phi) is 5.23. The van der Waals surface area contributed by atoms with Crippen LogP contribution in [0.2, 0.25) is 5.02 Å². The summed E-state index contributed by atoms with van der Waals surface area (Å²) in [6, 6.07) is 19.8. The van der Waals surface area contributed by atoms with E-state index in [0.717, 1.165) is 39.5 Å². The Morgan fingerprint density at radius 1 is 1.07 bits per heavy atom. The van der Waals surface area contributed by atoms with Crippen molar-refractivity contribution in [2.24, 2.45) is 0 Å². The molecule has 5 nitrogen and oxygen atoms in total. The molecule has 1 amide bonds. The van der Waals surface area contributed by atoms with Gasteiger partial charge in [-0.1, -0.05) is 54.1 Å². The van der Waals surface area contributed by atoms with Crippen molar-refractivity contribution in [1.82, 2.24) is 14.7 Å². The molecule has 2 N–H and O–H groups in total. The first-order valence-corrected chi connectivity index (χ1v) is 9.73. The maximum Gasteiger partial charge on any atom is 0.217 e. The maximum atomic E-state index is 11.1. The molecular formula is C23H21ClN4O. The standard InChI is InChI=1S/C23H21ClN4O/c1-15-6-5-7-19(24)21(15)27-23-22(26-20-8-3-4-13-28(20)23)18-11-9-17(10-12-18)14-25-16(2)29/h3-13,27H,14H2,1-2H3,(H,25,29). The highest BCUT2D eigenvalue weighted by Gasteiger charge is 2.16. The molecule has 0 atom stereocenters. The van der Waals surface area contributed by atoms with E-state index in [0.29, 0.717) is 11.6 Å². The van der Waals surface area contributed by atoms with Gasteiger partial charge in [-0.2, -0.15) is 0 Å². The third kappa shape index (κ3) is 3.96. The number of fused-ring (bicyclic) bond motifs is 1. The van der Waals surface area contributed by atoms with E-state index in [1.165, 1.54) is 6.92 Å². The molecule has 6 heteroatoms. The van der Waals surface area contributed by atoms with Crippen molar-refractivity contribution in [3.8, 4) is 11.3 Å². The summed E-state index contributed by atoms with van der Waals surface area (Å²) >= 11 is 6.45. The van der Waals surface area contributed by atoms with Gasteiger partial charge in [-0.15, -0.1) is 0 Å². The van der Waals surface area contributed by atoms with Crippen molar-refractivity contribution in [1.29, 1.82) is 0 Å². The number of para-hydroxylation sites is 1. The van der Waals surface area contributed by atoms with Gasteiger partial charge in [-0.25, -0.2) is 4.98 Å². The first kappa shape index (κ1) is 19.0. The Hall–Kier alpha value is -3.31. The third-order valence-electron chi connectivity index (χ3n) is 4.76. The number of halogens is 1. The van der Waals surface area contributed by atoms with Crippen molar-refractivity contribution in [2.45, 2.75) is 20.4 Å². The molecular weight excluding hydrogens is 384 g/mol. The molecule has 0 saturated carbocycles. The number of rotatable bonds is 5. The number of aryl methyl sites for hydroxylation is 1. The van der Waals surface area contributed by atoms with Crippen LogP contribution in [0.15, 0.2) is 66.9 Å². The molecule has 4 aromatic rings. The Bertz CT molecular complexity index is 1160. The minimum atomic E-state index is -0.0453. The van der Waals surface area contributed by atoms with Gasteiger partial charge < -0.3 is 10.6 Å². The number of imidazole rings is 1. The van der Waals surface area contributed by atoms with E-state index < -0.39 is 0 Å². The van der Waals surface area contributed by atoms with Crippen LogP contribution in [0, 0.1) is 6.92 Å². The molecule has 0 spiro atoms. The molecule has 0 radical (unpaired) electrons. The number of anilines is 2. The highest BCUT2D eigenvalue weighted by molar-refractivity contribution is 6.33. The van der Waals surface area contributed by atoms with E-state index >= 15 is 0 Å². The number of amides is 1. The summed E-state index contributed by atoms with van der Waals surface area (Å²) in [5, 5.41) is 6.97. The predicted octanol–water partition coefficient (Wildman–Crippen LogP) is 5.34. The lowest BCUT2D eigenvalue weighted by atomic mass is 10.1. The fourth-order valence-electron chi connectivity index (χ4n) is 3.23. The van der Waals surface area contributed by atoms with E-state index in [9.17, 15) is 4.79 Å². The molecule has 0 aliphatic rings. The lowest BCUT2D eigenvalue weighted by Gasteiger charge is -2.13. The largest absolute Gasteiger partial charge is 0.352 e. The van der Waals surface area contributed by atoms with E-state index in [1.807, 2.05) is 78.2 Å². The summed E-state index contributed by atoms with van der Waals surface area (Å²) in [5.74, 6) is 0.808. The van der Waals surface area contributed by atoms with Gasteiger partial charge in [-0.05, 0) is 36.2 Å². The molecule has 0 unspecified atom stereocenters. The zero-order valence-corrected chi connectivity index (χ0v) is 17.0. The topological polar surface area (TPSA) is 58.4 Å². The maximum absolute atomic E-state index is 11.1. The van der Waals surface area contributed by atoms with Crippen LogP contribution in [0.4, 0.5) is 11.5 Å². The van der Waals surface area contributed by atoms with Crippen molar-refractivity contribution >= 4 is 34.7 Å². The zero-order chi connectivity index (χ0) is 20.4. The SMILES string of the molecule is CC(=O)NCc1ccc(-c2nc3ccccn3c2Nc2c(C)cccc2Cl)cc1. The molecule has 2 heterocycles. The summed E-state index contributed by atoms with van der Waals surface area (Å²) in [6.45, 7) is 4.04. The van der Waals surface area contributed by atoms with Crippen LogP contribution in [0.5, 0.6) is 0 Å². The van der Waals surface area contributed by atoms with Crippen molar-refractivity contribution in [2.75, 3.05) is 5.32 Å². The smallest absolute Gasteiger partial charge is 0.217 e. The minimum Gasteiger partial charge on any atom is -0.352 e. The third-order valence-corrected chi connectivity index (χ3v) is 5.08. The van der Waals surface area contributed by atoms with Crippen LogP contribution < -0.4 is 10.6 Å². The van der Waals surface area contributed by atoms with Gasteiger partial charge in [-0.3, -0.25) is 9.20 Å². The number of aromatic nitrogens is 2. The van der Waals surface area contributed by atoms with Crippen molar-refractivity contribution in [3.05, 3.63) is 83.0 Å². The fourth-order valence-corrected chi connectivity index (χ4v) is 3.50. The second kappa shape index (κ2) is 7.97. The summed E-state index contributed by atoms with van der Waals surface area (Å²) in [5.41, 5.74) is 5.61. The average molecular weight is 405 g/mol. The molecule has 146 valence electrons. The van der Waals surface area contributed by atoms with Crippen LogP contribution in [0.1, 0.15) is 18.1 Å². The van der Waals surface area contributed by atoms with E-state index in [1.54, 1.807) is 0 Å². The highest BCUT2D eigenvalue weighted by atomic mass is 35.5. The number of hydrogen-bond acceptors (Lipinski definition) is 3. The summed E-state index contributed by atoms with van der Waals surface area (Å²) < 4.78 is 2.02. The Labute approximate surface area is 174 Å². The number of nitrogens with one attached hydrogen (secondary N) is 2. The summed E-state index contributed by atoms with van der Waals surface area (Å²) in [7, 11) is 0. The second-order valence-electron chi connectivity index (χ2n) is 6.90. The van der Waals surface area contributed by atoms with Gasteiger partial charge >= 0.3 is 0 Å². The van der Waals surface area contributed by atoms with Gasteiger partial charge in [0.1, 0.15) is 17.2 Å². The van der Waals surface area contributed by atoms with Crippen LogP contribution in [-0.4, -0.2) is 15.3 Å².